The standard InChI is InChI=1S/C20H23N5O3/c26-20(17-2-1-11-28-17)24-7-5-15(6-8-24)19-21-18-4-3-16(14-25(18)22-19)23-9-12-27-13-10-23/h1-4,11,14-15H,5-10,12-13H2. The Hall–Kier alpha value is -2.87. The van der Waals surface area contributed by atoms with E-state index < -0.39 is 0 Å². The number of morpholine rings is 1. The van der Waals surface area contributed by atoms with Gasteiger partial charge in [0.2, 0.25) is 0 Å². The van der Waals surface area contributed by atoms with E-state index in [1.807, 2.05) is 21.7 Å². The van der Waals surface area contributed by atoms with Crippen LogP contribution in [-0.4, -0.2) is 64.8 Å². The van der Waals surface area contributed by atoms with Crippen molar-refractivity contribution in [3.05, 3.63) is 48.3 Å². The second kappa shape index (κ2) is 7.27. The number of aromatic nitrogens is 3. The summed E-state index contributed by atoms with van der Waals surface area (Å²) in [5.74, 6) is 1.50. The van der Waals surface area contributed by atoms with Crippen molar-refractivity contribution in [3.63, 3.8) is 0 Å². The van der Waals surface area contributed by atoms with Crippen molar-refractivity contribution >= 4 is 17.2 Å². The number of pyridine rings is 1. The molecule has 0 aliphatic carbocycles. The molecule has 28 heavy (non-hydrogen) atoms. The predicted molar refractivity (Wildman–Crippen MR) is 103 cm³/mol. The molecule has 2 fully saturated rings. The van der Waals surface area contributed by atoms with E-state index in [-0.39, 0.29) is 11.8 Å². The van der Waals surface area contributed by atoms with E-state index in [1.165, 1.54) is 6.26 Å². The van der Waals surface area contributed by atoms with E-state index >= 15 is 0 Å². The number of piperidine rings is 1. The number of hydrogen-bond donors (Lipinski definition) is 0. The Kier molecular flexibility index (Phi) is 4.48. The first-order valence-electron chi connectivity index (χ1n) is 9.80. The number of likely N-dealkylation sites (tertiary alicyclic amines) is 1. The van der Waals surface area contributed by atoms with Crippen LogP contribution in [-0.2, 0) is 4.74 Å². The fourth-order valence-corrected chi connectivity index (χ4v) is 3.97. The third-order valence-electron chi connectivity index (χ3n) is 5.59. The number of ether oxygens (including phenoxy) is 1. The van der Waals surface area contributed by atoms with Crippen molar-refractivity contribution < 1.29 is 13.9 Å². The summed E-state index contributed by atoms with van der Waals surface area (Å²) in [5, 5.41) is 4.74. The topological polar surface area (TPSA) is 76.1 Å². The minimum Gasteiger partial charge on any atom is -0.459 e. The Morgan fingerprint density at radius 3 is 2.64 bits per heavy atom. The number of amides is 1. The summed E-state index contributed by atoms with van der Waals surface area (Å²) in [4.78, 5) is 21.3. The quantitative estimate of drug-likeness (QED) is 0.692. The van der Waals surface area contributed by atoms with Crippen molar-refractivity contribution in [2.45, 2.75) is 18.8 Å². The van der Waals surface area contributed by atoms with Gasteiger partial charge in [-0.2, -0.15) is 5.10 Å². The predicted octanol–water partition coefficient (Wildman–Crippen LogP) is 2.18. The molecule has 0 N–H and O–H groups in total. The Morgan fingerprint density at radius 1 is 1.07 bits per heavy atom. The van der Waals surface area contributed by atoms with Gasteiger partial charge in [-0.25, -0.2) is 9.50 Å². The van der Waals surface area contributed by atoms with Gasteiger partial charge in [0.25, 0.3) is 5.91 Å². The van der Waals surface area contributed by atoms with Crippen LogP contribution in [0.4, 0.5) is 5.69 Å². The Morgan fingerprint density at radius 2 is 1.89 bits per heavy atom. The zero-order valence-corrected chi connectivity index (χ0v) is 15.7. The summed E-state index contributed by atoms with van der Waals surface area (Å²) in [7, 11) is 0. The van der Waals surface area contributed by atoms with E-state index in [2.05, 4.69) is 11.0 Å². The molecular weight excluding hydrogens is 358 g/mol. The Labute approximate surface area is 162 Å². The smallest absolute Gasteiger partial charge is 0.289 e. The number of fused-ring (bicyclic) bond motifs is 1. The number of nitrogens with zero attached hydrogens (tertiary/aromatic N) is 5. The average molecular weight is 381 g/mol. The van der Waals surface area contributed by atoms with Gasteiger partial charge in [-0.1, -0.05) is 0 Å². The van der Waals surface area contributed by atoms with Crippen LogP contribution in [0.3, 0.4) is 0 Å². The Bertz CT molecular complexity index is 954. The second-order valence-corrected chi connectivity index (χ2v) is 7.30. The van der Waals surface area contributed by atoms with Crippen LogP contribution in [0.5, 0.6) is 0 Å². The highest BCUT2D eigenvalue weighted by molar-refractivity contribution is 5.91. The van der Waals surface area contributed by atoms with E-state index in [4.69, 9.17) is 19.2 Å². The van der Waals surface area contributed by atoms with Gasteiger partial charge in [0, 0.05) is 32.1 Å². The summed E-state index contributed by atoms with van der Waals surface area (Å²) in [6, 6.07) is 7.58. The zero-order chi connectivity index (χ0) is 18.9. The lowest BCUT2D eigenvalue weighted by Crippen LogP contribution is -2.38. The van der Waals surface area contributed by atoms with Gasteiger partial charge in [0.1, 0.15) is 0 Å². The first-order valence-corrected chi connectivity index (χ1v) is 9.80. The van der Waals surface area contributed by atoms with E-state index in [9.17, 15) is 4.79 Å². The number of carbonyl (C=O) groups is 1. The monoisotopic (exact) mass is 381 g/mol. The molecule has 3 aromatic heterocycles. The first kappa shape index (κ1) is 17.2. The van der Waals surface area contributed by atoms with E-state index in [1.54, 1.807) is 12.1 Å². The van der Waals surface area contributed by atoms with Crippen LogP contribution in [0.2, 0.25) is 0 Å². The van der Waals surface area contributed by atoms with Crippen LogP contribution in [0.1, 0.15) is 35.1 Å². The maximum Gasteiger partial charge on any atom is 0.289 e. The zero-order valence-electron chi connectivity index (χ0n) is 15.7. The van der Waals surface area contributed by atoms with Gasteiger partial charge in [0.15, 0.2) is 17.2 Å². The highest BCUT2D eigenvalue weighted by Gasteiger charge is 2.28. The highest BCUT2D eigenvalue weighted by atomic mass is 16.5. The van der Waals surface area contributed by atoms with Crippen LogP contribution < -0.4 is 4.90 Å². The molecule has 1 amide bonds. The number of anilines is 1. The van der Waals surface area contributed by atoms with Crippen LogP contribution in [0.15, 0.2) is 41.1 Å². The molecule has 8 heteroatoms. The maximum absolute atomic E-state index is 12.4. The molecule has 0 atom stereocenters. The average Bonchev–Trinajstić information content (AvgIpc) is 3.43. The largest absolute Gasteiger partial charge is 0.459 e. The van der Waals surface area contributed by atoms with Crippen LogP contribution in [0, 0.1) is 0 Å². The number of carbonyl (C=O) groups excluding carboxylic acids is 1. The summed E-state index contributed by atoms with van der Waals surface area (Å²) in [6.45, 7) is 4.70. The van der Waals surface area contributed by atoms with Gasteiger partial charge in [-0.3, -0.25) is 4.79 Å². The van der Waals surface area contributed by atoms with Gasteiger partial charge in [-0.15, -0.1) is 0 Å². The van der Waals surface area contributed by atoms with Crippen molar-refractivity contribution in [2.24, 2.45) is 0 Å². The molecule has 0 spiro atoms. The molecule has 146 valence electrons. The number of hydrogen-bond acceptors (Lipinski definition) is 6. The fourth-order valence-electron chi connectivity index (χ4n) is 3.97. The third-order valence-corrected chi connectivity index (χ3v) is 5.59. The van der Waals surface area contributed by atoms with E-state index in [0.29, 0.717) is 18.8 Å². The molecule has 2 saturated heterocycles. The van der Waals surface area contributed by atoms with Crippen LogP contribution in [0.25, 0.3) is 5.65 Å². The molecule has 0 bridgehead atoms. The molecule has 2 aliphatic heterocycles. The molecule has 2 aliphatic rings. The number of furan rings is 1. The van der Waals surface area contributed by atoms with Crippen molar-refractivity contribution in [1.82, 2.24) is 19.5 Å². The van der Waals surface area contributed by atoms with Gasteiger partial charge in [-0.05, 0) is 37.1 Å². The highest BCUT2D eigenvalue weighted by Crippen LogP contribution is 2.27. The fraction of sp³-hybridized carbons (Fsp3) is 0.450. The van der Waals surface area contributed by atoms with E-state index in [0.717, 1.165) is 56.3 Å². The normalized spacial score (nSPS) is 18.7. The number of rotatable bonds is 3. The summed E-state index contributed by atoms with van der Waals surface area (Å²) in [6.07, 6.45) is 5.30. The minimum atomic E-state index is -0.0402. The molecule has 5 rings (SSSR count). The summed E-state index contributed by atoms with van der Waals surface area (Å²) >= 11 is 0. The lowest BCUT2D eigenvalue weighted by Gasteiger charge is -2.30. The third kappa shape index (κ3) is 3.24. The molecule has 0 radical (unpaired) electrons. The Balaban J connectivity index is 1.28. The van der Waals surface area contributed by atoms with Crippen molar-refractivity contribution in [2.75, 3.05) is 44.3 Å². The second-order valence-electron chi connectivity index (χ2n) is 7.30. The summed E-state index contributed by atoms with van der Waals surface area (Å²) < 4.78 is 12.5. The molecule has 0 aromatic carbocycles. The van der Waals surface area contributed by atoms with Gasteiger partial charge in [0.05, 0.1) is 31.4 Å². The molecule has 0 unspecified atom stereocenters. The lowest BCUT2D eigenvalue weighted by molar-refractivity contribution is 0.0679. The van der Waals surface area contributed by atoms with Crippen molar-refractivity contribution in [3.8, 4) is 0 Å². The molecule has 5 heterocycles. The summed E-state index contributed by atoms with van der Waals surface area (Å²) in [5.41, 5.74) is 2.01. The van der Waals surface area contributed by atoms with Gasteiger partial charge < -0.3 is 19.0 Å². The lowest BCUT2D eigenvalue weighted by atomic mass is 9.96. The molecular formula is C20H23N5O3. The first-order chi connectivity index (χ1) is 13.8. The van der Waals surface area contributed by atoms with Gasteiger partial charge >= 0.3 is 0 Å². The molecule has 8 nitrogen and oxygen atoms in total. The SMILES string of the molecule is O=C(c1ccco1)N1CCC(c2nc3ccc(N4CCOCC4)cn3n2)CC1. The van der Waals surface area contributed by atoms with Crippen molar-refractivity contribution in [1.29, 1.82) is 0 Å². The molecule has 0 saturated carbocycles. The minimum absolute atomic E-state index is 0.0402. The van der Waals surface area contributed by atoms with Crippen LogP contribution >= 0.6 is 0 Å². The maximum atomic E-state index is 12.4. The molecule has 3 aromatic rings.